The first-order valence-electron chi connectivity index (χ1n) is 10.8. The van der Waals surface area contributed by atoms with E-state index in [-0.39, 0.29) is 24.4 Å². The van der Waals surface area contributed by atoms with Gasteiger partial charge in [0.1, 0.15) is 9.64 Å². The average Bonchev–Trinajstić information content (AvgIpc) is 3.29. The summed E-state index contributed by atoms with van der Waals surface area (Å²) in [6, 6.07) is 14.1. The van der Waals surface area contributed by atoms with Crippen LogP contribution in [0.2, 0.25) is 0 Å². The number of hydrogen-bond acceptors (Lipinski definition) is 8. The number of sulfonamides is 1. The van der Waals surface area contributed by atoms with Gasteiger partial charge in [-0.2, -0.15) is 4.31 Å². The van der Waals surface area contributed by atoms with E-state index in [2.05, 4.69) is 4.98 Å². The molecule has 186 valence electrons. The number of carbonyl (C=O) groups is 1. The lowest BCUT2D eigenvalue weighted by Crippen LogP contribution is -2.41. The lowest BCUT2D eigenvalue weighted by molar-refractivity contribution is -0.129. The Morgan fingerprint density at radius 2 is 1.91 bits per heavy atom. The van der Waals surface area contributed by atoms with Crippen LogP contribution in [0.25, 0.3) is 10.4 Å². The number of aromatic nitrogens is 1. The van der Waals surface area contributed by atoms with Crippen molar-refractivity contribution in [2.45, 2.75) is 29.4 Å². The second-order valence-corrected chi connectivity index (χ2v) is 13.8. The van der Waals surface area contributed by atoms with E-state index < -0.39 is 42.7 Å². The first-order valence-corrected chi connectivity index (χ1v) is 14.7. The molecule has 1 fully saturated rings. The lowest BCUT2D eigenvalue weighted by atomic mass is 9.97. The van der Waals surface area contributed by atoms with E-state index in [1.165, 1.54) is 41.3 Å². The van der Waals surface area contributed by atoms with E-state index >= 15 is 0 Å². The first-order chi connectivity index (χ1) is 16.6. The maximum atomic E-state index is 13.7. The molecule has 1 unspecified atom stereocenters. The predicted octanol–water partition coefficient (Wildman–Crippen LogP) is 2.72. The Bertz CT molecular complexity index is 1420. The van der Waals surface area contributed by atoms with E-state index in [1.807, 2.05) is 31.2 Å². The van der Waals surface area contributed by atoms with E-state index in [0.717, 1.165) is 20.3 Å². The number of aryl methyl sites for hydroxylation is 1. The minimum atomic E-state index is -4.01. The van der Waals surface area contributed by atoms with Gasteiger partial charge in [0.05, 0.1) is 12.2 Å². The van der Waals surface area contributed by atoms with Crippen molar-refractivity contribution >= 4 is 37.1 Å². The molecule has 3 aromatic rings. The molecule has 35 heavy (non-hydrogen) atoms. The summed E-state index contributed by atoms with van der Waals surface area (Å²) in [5, 5.41) is 9.20. The average molecular weight is 536 g/mol. The van der Waals surface area contributed by atoms with Crippen molar-refractivity contribution in [3.05, 3.63) is 71.4 Å². The molecule has 4 rings (SSSR count). The number of hydroxylamine groups is 1. The largest absolute Gasteiger partial charge is 0.289 e. The molecular weight excluding hydrogens is 510 g/mol. The predicted molar refractivity (Wildman–Crippen MR) is 132 cm³/mol. The number of pyridine rings is 1. The maximum absolute atomic E-state index is 13.7. The third kappa shape index (κ3) is 4.89. The van der Waals surface area contributed by atoms with Crippen molar-refractivity contribution in [1.82, 2.24) is 14.8 Å². The Kier molecular flexibility index (Phi) is 7.11. The fourth-order valence-corrected chi connectivity index (χ4v) is 9.33. The molecule has 1 aliphatic heterocycles. The van der Waals surface area contributed by atoms with Gasteiger partial charge in [0, 0.05) is 35.2 Å². The number of sulfone groups is 1. The molecule has 1 aliphatic rings. The van der Waals surface area contributed by atoms with E-state index in [1.54, 1.807) is 12.1 Å². The van der Waals surface area contributed by atoms with Gasteiger partial charge in [-0.3, -0.25) is 15.0 Å². The van der Waals surface area contributed by atoms with Gasteiger partial charge < -0.3 is 0 Å². The summed E-state index contributed by atoms with van der Waals surface area (Å²) in [6.07, 6.45) is 2.00. The zero-order valence-corrected chi connectivity index (χ0v) is 21.4. The van der Waals surface area contributed by atoms with E-state index in [0.29, 0.717) is 4.88 Å². The van der Waals surface area contributed by atoms with Gasteiger partial charge in [0.25, 0.3) is 0 Å². The number of carbonyl (C=O) groups excluding carboxylic acids is 1. The Balaban J connectivity index is 1.76. The van der Waals surface area contributed by atoms with Crippen molar-refractivity contribution in [3.8, 4) is 10.4 Å². The number of hydrogen-bond donors (Lipinski definition) is 2. The van der Waals surface area contributed by atoms with Crippen molar-refractivity contribution in [2.75, 3.05) is 18.8 Å². The summed E-state index contributed by atoms with van der Waals surface area (Å²) in [5.41, 5.74) is 3.53. The zero-order valence-electron chi connectivity index (χ0n) is 18.9. The minimum absolute atomic E-state index is 0.0317. The molecule has 2 N–H and O–H groups in total. The number of amides is 1. The highest BCUT2D eigenvalue weighted by atomic mass is 32.2. The summed E-state index contributed by atoms with van der Waals surface area (Å²) in [7, 11) is -8.00. The monoisotopic (exact) mass is 535 g/mol. The standard InChI is InChI=1S/C23H25N3O6S3/c1-17-4-6-18(7-5-17)20-8-9-21(33-20)23(15-22(27)25-28)10-12-26(13-14-34(23,29)30)35(31,32)19-3-2-11-24-16-19/h2-9,11,16,28H,10,12-15H2,1H3,(H,25,27). The molecule has 9 nitrogen and oxygen atoms in total. The number of nitrogens with zero attached hydrogens (tertiary/aromatic N) is 2. The lowest BCUT2D eigenvalue weighted by Gasteiger charge is -2.30. The summed E-state index contributed by atoms with van der Waals surface area (Å²) in [4.78, 5) is 17.4. The molecule has 1 aromatic carbocycles. The van der Waals surface area contributed by atoms with Gasteiger partial charge in [-0.1, -0.05) is 29.8 Å². The molecule has 0 spiro atoms. The van der Waals surface area contributed by atoms with Crippen LogP contribution in [-0.2, 0) is 29.4 Å². The molecule has 2 aromatic heterocycles. The Morgan fingerprint density at radius 3 is 2.57 bits per heavy atom. The smallest absolute Gasteiger partial charge is 0.245 e. The summed E-state index contributed by atoms with van der Waals surface area (Å²) in [5.74, 6) is -1.33. The van der Waals surface area contributed by atoms with Crippen LogP contribution in [0.4, 0.5) is 0 Å². The number of nitrogens with one attached hydrogen (secondary N) is 1. The van der Waals surface area contributed by atoms with Crippen molar-refractivity contribution in [1.29, 1.82) is 0 Å². The molecule has 0 radical (unpaired) electrons. The van der Waals surface area contributed by atoms with E-state index in [4.69, 9.17) is 0 Å². The van der Waals surface area contributed by atoms with Gasteiger partial charge in [-0.05, 0) is 43.2 Å². The van der Waals surface area contributed by atoms with Crippen LogP contribution in [-0.4, -0.2) is 56.1 Å². The summed E-state index contributed by atoms with van der Waals surface area (Å²) in [6.45, 7) is 1.60. The van der Waals surface area contributed by atoms with Gasteiger partial charge in [-0.25, -0.2) is 22.3 Å². The van der Waals surface area contributed by atoms with Crippen LogP contribution in [0.1, 0.15) is 23.3 Å². The van der Waals surface area contributed by atoms with Crippen LogP contribution >= 0.6 is 11.3 Å². The third-order valence-corrected chi connectivity index (χ3v) is 12.0. The van der Waals surface area contributed by atoms with Crippen LogP contribution in [0, 0.1) is 6.92 Å². The minimum Gasteiger partial charge on any atom is -0.289 e. The quantitative estimate of drug-likeness (QED) is 0.366. The van der Waals surface area contributed by atoms with Crippen LogP contribution in [0.15, 0.2) is 65.8 Å². The SMILES string of the molecule is Cc1ccc(-c2ccc(C3(CC(=O)NO)CCN(S(=O)(=O)c4cccnc4)CCS3(=O)=O)s2)cc1. The van der Waals surface area contributed by atoms with Crippen LogP contribution in [0.3, 0.4) is 0 Å². The molecular formula is C23H25N3O6S3. The highest BCUT2D eigenvalue weighted by Gasteiger charge is 2.50. The third-order valence-electron chi connectivity index (χ3n) is 6.20. The van der Waals surface area contributed by atoms with Crippen LogP contribution in [0.5, 0.6) is 0 Å². The Hall–Kier alpha value is -2.64. The molecule has 1 amide bonds. The molecule has 3 heterocycles. The highest BCUT2D eigenvalue weighted by Crippen LogP contribution is 2.45. The maximum Gasteiger partial charge on any atom is 0.245 e. The number of thiophene rings is 1. The van der Waals surface area contributed by atoms with Crippen molar-refractivity contribution < 1.29 is 26.8 Å². The fourth-order valence-electron chi connectivity index (χ4n) is 4.20. The molecule has 0 aliphatic carbocycles. The summed E-state index contributed by atoms with van der Waals surface area (Å²) < 4.78 is 53.1. The topological polar surface area (TPSA) is 134 Å². The second kappa shape index (κ2) is 9.78. The second-order valence-electron chi connectivity index (χ2n) is 8.40. The van der Waals surface area contributed by atoms with Gasteiger partial charge in [-0.15, -0.1) is 11.3 Å². The Labute approximate surface area is 208 Å². The fraction of sp³-hybridized carbons (Fsp3) is 0.304. The summed E-state index contributed by atoms with van der Waals surface area (Å²) >= 11 is 1.25. The van der Waals surface area contributed by atoms with Crippen molar-refractivity contribution in [3.63, 3.8) is 0 Å². The van der Waals surface area contributed by atoms with E-state index in [9.17, 15) is 26.8 Å². The number of benzene rings is 1. The normalized spacial score (nSPS) is 20.7. The highest BCUT2D eigenvalue weighted by molar-refractivity contribution is 7.92. The Morgan fingerprint density at radius 1 is 1.17 bits per heavy atom. The zero-order chi connectivity index (χ0) is 25.3. The molecule has 12 heteroatoms. The molecule has 1 saturated heterocycles. The van der Waals surface area contributed by atoms with Gasteiger partial charge in [0.2, 0.25) is 15.9 Å². The van der Waals surface area contributed by atoms with Crippen molar-refractivity contribution in [2.24, 2.45) is 0 Å². The number of rotatable bonds is 6. The van der Waals surface area contributed by atoms with Gasteiger partial charge in [0.15, 0.2) is 9.84 Å². The molecule has 0 saturated carbocycles. The first kappa shape index (κ1) is 25.5. The van der Waals surface area contributed by atoms with Gasteiger partial charge >= 0.3 is 0 Å². The molecule has 0 bridgehead atoms. The molecule has 1 atom stereocenters. The van der Waals surface area contributed by atoms with Crippen LogP contribution < -0.4 is 5.48 Å².